The molecule has 0 saturated carbocycles. The Morgan fingerprint density at radius 2 is 2.29 bits per heavy atom. The second kappa shape index (κ2) is 6.49. The molecule has 80 valence electrons. The van der Waals surface area contributed by atoms with Gasteiger partial charge in [-0.3, -0.25) is 0 Å². The van der Waals surface area contributed by atoms with E-state index in [0.29, 0.717) is 11.3 Å². The van der Waals surface area contributed by atoms with E-state index in [4.69, 9.17) is 0 Å². The maximum Gasteiger partial charge on any atom is 0.0601 e. The summed E-state index contributed by atoms with van der Waals surface area (Å²) in [5, 5.41) is 6.32. The number of hydrogen-bond acceptors (Lipinski definition) is 3. The standard InChI is InChI=1S/C11H19NS2/c1-4-10(12-5-2)9(3)14-11-7-6-8-13-11/h6-10,12H,4-5H2,1-3H3. The SMILES string of the molecule is CCNC(CC)C(C)Sc1cccs1. The normalized spacial score (nSPS) is 15.4. The van der Waals surface area contributed by atoms with E-state index in [1.165, 1.54) is 10.6 Å². The molecule has 1 nitrogen and oxygen atoms in total. The minimum Gasteiger partial charge on any atom is -0.313 e. The lowest BCUT2D eigenvalue weighted by atomic mass is 10.2. The molecule has 0 fully saturated rings. The summed E-state index contributed by atoms with van der Waals surface area (Å²) in [7, 11) is 0. The van der Waals surface area contributed by atoms with E-state index >= 15 is 0 Å². The van der Waals surface area contributed by atoms with Crippen LogP contribution < -0.4 is 5.32 Å². The Kier molecular flexibility index (Phi) is 5.60. The van der Waals surface area contributed by atoms with Crippen molar-refractivity contribution in [1.82, 2.24) is 5.32 Å². The van der Waals surface area contributed by atoms with Crippen LogP contribution in [0, 0.1) is 0 Å². The van der Waals surface area contributed by atoms with Gasteiger partial charge in [0.1, 0.15) is 0 Å². The predicted molar refractivity (Wildman–Crippen MR) is 67.4 cm³/mol. The van der Waals surface area contributed by atoms with Crippen LogP contribution in [0.5, 0.6) is 0 Å². The van der Waals surface area contributed by atoms with Crippen molar-refractivity contribution in [2.75, 3.05) is 6.54 Å². The molecule has 1 rings (SSSR count). The van der Waals surface area contributed by atoms with E-state index in [1.807, 2.05) is 23.1 Å². The van der Waals surface area contributed by atoms with Crippen molar-refractivity contribution < 1.29 is 0 Å². The molecule has 14 heavy (non-hydrogen) atoms. The molecule has 0 aliphatic carbocycles. The number of thioether (sulfide) groups is 1. The quantitative estimate of drug-likeness (QED) is 0.748. The van der Waals surface area contributed by atoms with Gasteiger partial charge >= 0.3 is 0 Å². The minimum absolute atomic E-state index is 0.632. The molecule has 0 spiro atoms. The zero-order chi connectivity index (χ0) is 10.4. The Hall–Kier alpha value is 0.01000. The Labute approximate surface area is 95.3 Å². The summed E-state index contributed by atoms with van der Waals surface area (Å²) in [6.07, 6.45) is 1.20. The molecule has 3 heteroatoms. The van der Waals surface area contributed by atoms with Crippen molar-refractivity contribution in [2.24, 2.45) is 0 Å². The monoisotopic (exact) mass is 229 g/mol. The van der Waals surface area contributed by atoms with E-state index < -0.39 is 0 Å². The van der Waals surface area contributed by atoms with Crippen LogP contribution in [-0.2, 0) is 0 Å². The fourth-order valence-corrected chi connectivity index (χ4v) is 3.77. The van der Waals surface area contributed by atoms with Gasteiger partial charge in [-0.2, -0.15) is 0 Å². The third-order valence-corrected chi connectivity index (χ3v) is 4.58. The van der Waals surface area contributed by atoms with Crippen LogP contribution >= 0.6 is 23.1 Å². The van der Waals surface area contributed by atoms with Gasteiger partial charge in [0, 0.05) is 11.3 Å². The molecule has 1 aromatic heterocycles. The summed E-state index contributed by atoms with van der Waals surface area (Å²) < 4.78 is 1.42. The van der Waals surface area contributed by atoms with Crippen molar-refractivity contribution in [3.63, 3.8) is 0 Å². The lowest BCUT2D eigenvalue weighted by molar-refractivity contribution is 0.509. The average molecular weight is 229 g/mol. The third kappa shape index (κ3) is 3.64. The predicted octanol–water partition coefficient (Wildman–Crippen LogP) is 3.62. The smallest absolute Gasteiger partial charge is 0.0601 e. The Morgan fingerprint density at radius 1 is 1.50 bits per heavy atom. The van der Waals surface area contributed by atoms with E-state index in [0.717, 1.165) is 6.54 Å². The highest BCUT2D eigenvalue weighted by Gasteiger charge is 2.15. The van der Waals surface area contributed by atoms with E-state index in [1.54, 1.807) is 0 Å². The fourth-order valence-electron chi connectivity index (χ4n) is 1.50. The first-order valence-corrected chi connectivity index (χ1v) is 6.97. The van der Waals surface area contributed by atoms with Gasteiger partial charge < -0.3 is 5.32 Å². The van der Waals surface area contributed by atoms with Gasteiger partial charge in [-0.1, -0.05) is 26.8 Å². The van der Waals surface area contributed by atoms with Gasteiger partial charge in [-0.05, 0) is 24.4 Å². The molecule has 1 heterocycles. The second-order valence-electron chi connectivity index (χ2n) is 3.33. The van der Waals surface area contributed by atoms with Crippen LogP contribution in [0.3, 0.4) is 0 Å². The summed E-state index contributed by atoms with van der Waals surface area (Å²) in [6.45, 7) is 7.79. The van der Waals surface area contributed by atoms with Crippen LogP contribution in [0.2, 0.25) is 0 Å². The van der Waals surface area contributed by atoms with Crippen LogP contribution in [0.1, 0.15) is 27.2 Å². The Bertz CT molecular complexity index is 233. The van der Waals surface area contributed by atoms with E-state index in [-0.39, 0.29) is 0 Å². The van der Waals surface area contributed by atoms with Crippen LogP contribution in [0.25, 0.3) is 0 Å². The van der Waals surface area contributed by atoms with Crippen LogP contribution in [-0.4, -0.2) is 17.8 Å². The van der Waals surface area contributed by atoms with Gasteiger partial charge in [0.05, 0.1) is 4.21 Å². The topological polar surface area (TPSA) is 12.0 Å². The van der Waals surface area contributed by atoms with Crippen LogP contribution in [0.15, 0.2) is 21.7 Å². The summed E-state index contributed by atoms with van der Waals surface area (Å²) in [5.41, 5.74) is 0. The van der Waals surface area contributed by atoms with E-state index in [9.17, 15) is 0 Å². The number of hydrogen-bond donors (Lipinski definition) is 1. The first-order chi connectivity index (χ1) is 6.77. The minimum atomic E-state index is 0.632. The molecule has 0 saturated heterocycles. The summed E-state index contributed by atoms with van der Waals surface area (Å²) in [5.74, 6) is 0. The summed E-state index contributed by atoms with van der Waals surface area (Å²) >= 11 is 3.81. The third-order valence-electron chi connectivity index (χ3n) is 2.27. The molecule has 0 aromatic carbocycles. The van der Waals surface area contributed by atoms with Gasteiger partial charge in [0.25, 0.3) is 0 Å². The molecule has 0 amide bonds. The zero-order valence-corrected chi connectivity index (χ0v) is 10.8. The van der Waals surface area contributed by atoms with Crippen molar-refractivity contribution in [3.8, 4) is 0 Å². The maximum absolute atomic E-state index is 3.53. The Balaban J connectivity index is 2.43. The van der Waals surface area contributed by atoms with Gasteiger partial charge in [-0.15, -0.1) is 23.1 Å². The number of nitrogens with one attached hydrogen (secondary N) is 1. The number of thiophene rings is 1. The average Bonchev–Trinajstić information content (AvgIpc) is 2.66. The molecule has 0 aliphatic rings. The van der Waals surface area contributed by atoms with Crippen molar-refractivity contribution >= 4 is 23.1 Å². The molecule has 1 N–H and O–H groups in total. The van der Waals surface area contributed by atoms with Crippen LogP contribution in [0.4, 0.5) is 0 Å². The lowest BCUT2D eigenvalue weighted by Crippen LogP contribution is -2.35. The molecule has 2 unspecified atom stereocenters. The first-order valence-electron chi connectivity index (χ1n) is 5.21. The van der Waals surface area contributed by atoms with Crippen molar-refractivity contribution in [3.05, 3.63) is 17.5 Å². The highest BCUT2D eigenvalue weighted by atomic mass is 32.2. The molecule has 0 aliphatic heterocycles. The maximum atomic E-state index is 3.53. The molecule has 2 atom stereocenters. The van der Waals surface area contributed by atoms with Gasteiger partial charge in [-0.25, -0.2) is 0 Å². The molecule has 0 radical (unpaired) electrons. The van der Waals surface area contributed by atoms with Gasteiger partial charge in [0.2, 0.25) is 0 Å². The van der Waals surface area contributed by atoms with Crippen molar-refractivity contribution in [1.29, 1.82) is 0 Å². The second-order valence-corrected chi connectivity index (χ2v) is 5.95. The Morgan fingerprint density at radius 3 is 2.79 bits per heavy atom. The molecular weight excluding hydrogens is 210 g/mol. The first kappa shape index (κ1) is 12.1. The van der Waals surface area contributed by atoms with Gasteiger partial charge in [0.15, 0.2) is 0 Å². The molecule has 1 aromatic rings. The largest absolute Gasteiger partial charge is 0.313 e. The highest BCUT2D eigenvalue weighted by molar-refractivity contribution is 8.01. The highest BCUT2D eigenvalue weighted by Crippen LogP contribution is 2.29. The molecule has 0 bridgehead atoms. The fraction of sp³-hybridized carbons (Fsp3) is 0.636. The lowest BCUT2D eigenvalue weighted by Gasteiger charge is -2.22. The molecular formula is C11H19NS2. The number of rotatable bonds is 6. The summed E-state index contributed by atoms with van der Waals surface area (Å²) in [6, 6.07) is 4.95. The zero-order valence-electron chi connectivity index (χ0n) is 9.12. The van der Waals surface area contributed by atoms with Crippen molar-refractivity contribution in [2.45, 2.75) is 42.7 Å². The van der Waals surface area contributed by atoms with E-state index in [2.05, 4.69) is 43.6 Å². The summed E-state index contributed by atoms with van der Waals surface area (Å²) in [4.78, 5) is 0.